The van der Waals surface area contributed by atoms with Gasteiger partial charge in [0.1, 0.15) is 6.10 Å². The molecule has 0 N–H and O–H groups in total. The molecule has 3 saturated carbocycles. The summed E-state index contributed by atoms with van der Waals surface area (Å²) >= 11 is 0. The minimum atomic E-state index is -1.84. The third-order valence-corrected chi connectivity index (χ3v) is 19.3. The second kappa shape index (κ2) is 10.9. The van der Waals surface area contributed by atoms with Crippen LogP contribution in [0.1, 0.15) is 128 Å². The van der Waals surface area contributed by atoms with Gasteiger partial charge in [0.25, 0.3) is 0 Å². The lowest BCUT2D eigenvalue weighted by atomic mass is 9.44. The molecular weight excluding hydrogens is 496 g/mol. The van der Waals surface area contributed by atoms with Gasteiger partial charge >= 0.3 is 5.97 Å². The van der Waals surface area contributed by atoms with Gasteiger partial charge in [0.05, 0.1) is 0 Å². The van der Waals surface area contributed by atoms with Gasteiger partial charge in [-0.3, -0.25) is 4.79 Å². The fraction of sp³-hybridized carbons (Fsp3) is 0.914. The Kier molecular flexibility index (Phi) is 8.76. The highest BCUT2D eigenvalue weighted by molar-refractivity contribution is 6.77. The van der Waals surface area contributed by atoms with Crippen LogP contribution in [-0.4, -0.2) is 27.0 Å². The van der Waals surface area contributed by atoms with Crippen molar-refractivity contribution < 1.29 is 14.0 Å². The molecule has 0 aromatic carbocycles. The number of esters is 1. The van der Waals surface area contributed by atoms with Crippen LogP contribution in [0.25, 0.3) is 0 Å². The Morgan fingerprint density at radius 2 is 1.51 bits per heavy atom. The highest BCUT2D eigenvalue weighted by atomic mass is 28.4. The van der Waals surface area contributed by atoms with Crippen LogP contribution in [0.4, 0.5) is 0 Å². The first kappa shape index (κ1) is 31.3. The van der Waals surface area contributed by atoms with Crippen molar-refractivity contribution in [1.82, 2.24) is 0 Å². The molecule has 8 atom stereocenters. The van der Waals surface area contributed by atoms with Crippen molar-refractivity contribution >= 4 is 14.3 Å². The molecule has 4 rings (SSSR count). The predicted molar refractivity (Wildman–Crippen MR) is 166 cm³/mol. The summed E-state index contributed by atoms with van der Waals surface area (Å²) in [5.74, 6) is 3.66. The normalized spacial score (nSPS) is 38.7. The van der Waals surface area contributed by atoms with Crippen LogP contribution in [-0.2, 0) is 14.0 Å². The number of rotatable bonds is 8. The van der Waals surface area contributed by atoms with Crippen molar-refractivity contribution in [2.45, 2.75) is 151 Å². The minimum absolute atomic E-state index is 0.00892. The summed E-state index contributed by atoms with van der Waals surface area (Å²) in [6.45, 7) is 29.4. The molecule has 0 bridgehead atoms. The maximum atomic E-state index is 11.9. The molecule has 0 aliphatic heterocycles. The molecule has 224 valence electrons. The van der Waals surface area contributed by atoms with E-state index in [4.69, 9.17) is 9.16 Å². The standard InChI is InChI=1S/C35H62O3Si/c1-22(2)39(23(3)4,24(5)6)37-21-25(7)28-14-15-29-27-13-16-31-33(9,10)32(38-26(8)36)18-20-35(31,12)30(27)17-19-34(28,29)11/h16,22-25,27-30,32H,13-15,17-21H2,1-12H3/t25-,27+,28-,29+,30+,32?,34-,35-/m1/s1. The van der Waals surface area contributed by atoms with Gasteiger partial charge in [0.2, 0.25) is 0 Å². The second-order valence-electron chi connectivity index (χ2n) is 16.3. The van der Waals surface area contributed by atoms with Crippen molar-refractivity contribution in [3.63, 3.8) is 0 Å². The molecule has 0 aromatic heterocycles. The maximum Gasteiger partial charge on any atom is 0.302 e. The lowest BCUT2D eigenvalue weighted by molar-refractivity contribution is -0.157. The molecule has 1 unspecified atom stereocenters. The first-order valence-electron chi connectivity index (χ1n) is 16.6. The van der Waals surface area contributed by atoms with Gasteiger partial charge in [-0.15, -0.1) is 0 Å². The Labute approximate surface area is 242 Å². The van der Waals surface area contributed by atoms with Crippen molar-refractivity contribution in [2.24, 2.45) is 45.8 Å². The minimum Gasteiger partial charge on any atom is -0.462 e. The monoisotopic (exact) mass is 558 g/mol. The Balaban J connectivity index is 1.53. The number of carbonyl (C=O) groups excluding carboxylic acids is 1. The third kappa shape index (κ3) is 4.94. The van der Waals surface area contributed by atoms with Crippen LogP contribution in [0.5, 0.6) is 0 Å². The van der Waals surface area contributed by atoms with Gasteiger partial charge < -0.3 is 9.16 Å². The number of allylic oxidation sites excluding steroid dienone is 1. The smallest absolute Gasteiger partial charge is 0.302 e. The van der Waals surface area contributed by atoms with E-state index in [2.05, 4.69) is 82.2 Å². The molecule has 4 aliphatic rings. The second-order valence-corrected chi connectivity index (χ2v) is 21.8. The summed E-state index contributed by atoms with van der Waals surface area (Å²) in [4.78, 5) is 11.9. The lowest BCUT2D eigenvalue weighted by Crippen LogP contribution is -2.55. The molecule has 3 nitrogen and oxygen atoms in total. The molecule has 39 heavy (non-hydrogen) atoms. The molecule has 4 aliphatic carbocycles. The average molecular weight is 559 g/mol. The topological polar surface area (TPSA) is 35.5 Å². The Morgan fingerprint density at radius 1 is 0.897 bits per heavy atom. The number of hydrogen-bond donors (Lipinski definition) is 0. The average Bonchev–Trinajstić information content (AvgIpc) is 3.17. The van der Waals surface area contributed by atoms with Crippen LogP contribution in [0.3, 0.4) is 0 Å². The number of ether oxygens (including phenoxy) is 1. The first-order chi connectivity index (χ1) is 18.0. The number of hydrogen-bond acceptors (Lipinski definition) is 3. The van der Waals surface area contributed by atoms with Crippen molar-refractivity contribution in [2.75, 3.05) is 6.61 Å². The van der Waals surface area contributed by atoms with E-state index in [0.29, 0.717) is 28.0 Å². The van der Waals surface area contributed by atoms with E-state index < -0.39 is 8.32 Å². The van der Waals surface area contributed by atoms with E-state index in [0.717, 1.165) is 43.1 Å². The summed E-state index contributed by atoms with van der Waals surface area (Å²) in [5.41, 5.74) is 4.14. The van der Waals surface area contributed by atoms with Crippen LogP contribution < -0.4 is 0 Å². The first-order valence-corrected chi connectivity index (χ1v) is 18.7. The third-order valence-electron chi connectivity index (χ3n) is 13.3. The molecule has 4 heteroatoms. The van der Waals surface area contributed by atoms with Crippen LogP contribution >= 0.6 is 0 Å². The van der Waals surface area contributed by atoms with Gasteiger partial charge in [0.15, 0.2) is 8.32 Å². The zero-order valence-electron chi connectivity index (χ0n) is 27.7. The van der Waals surface area contributed by atoms with E-state index >= 15 is 0 Å². The summed E-state index contributed by atoms with van der Waals surface area (Å²) < 4.78 is 13.0. The zero-order valence-corrected chi connectivity index (χ0v) is 28.7. The Morgan fingerprint density at radius 3 is 2.08 bits per heavy atom. The van der Waals surface area contributed by atoms with Gasteiger partial charge in [-0.05, 0) is 102 Å². The largest absolute Gasteiger partial charge is 0.462 e. The van der Waals surface area contributed by atoms with Crippen molar-refractivity contribution in [3.8, 4) is 0 Å². The SMILES string of the molecule is CC(=O)OC1CC[C@@]2(C)C(=CC[C@H]3[C@@H]4CC[C@H]([C@H](C)CO[Si](C(C)C)(C(C)C)C(C)C)[C@@]4(C)CC[C@@H]32)C1(C)C. The molecule has 0 aromatic rings. The summed E-state index contributed by atoms with van der Waals surface area (Å²) in [5, 5.41) is 0. The number of carbonyl (C=O) groups is 1. The van der Waals surface area contributed by atoms with Crippen molar-refractivity contribution in [1.29, 1.82) is 0 Å². The predicted octanol–water partition coefficient (Wildman–Crippen LogP) is 9.96. The molecule has 0 heterocycles. The van der Waals surface area contributed by atoms with E-state index in [1.54, 1.807) is 12.5 Å². The van der Waals surface area contributed by atoms with Crippen LogP contribution in [0, 0.1) is 45.8 Å². The van der Waals surface area contributed by atoms with E-state index in [1.807, 2.05) is 0 Å². The molecule has 0 radical (unpaired) electrons. The molecule has 0 amide bonds. The summed E-state index contributed by atoms with van der Waals surface area (Å²) in [6, 6.07) is 0. The van der Waals surface area contributed by atoms with Crippen molar-refractivity contribution in [3.05, 3.63) is 11.6 Å². The van der Waals surface area contributed by atoms with Gasteiger partial charge in [-0.25, -0.2) is 0 Å². The van der Waals surface area contributed by atoms with Gasteiger partial charge in [0, 0.05) is 18.9 Å². The summed E-state index contributed by atoms with van der Waals surface area (Å²) in [6.07, 6.45) is 11.5. The molecular formula is C35H62O3Si. The van der Waals surface area contributed by atoms with E-state index in [1.165, 1.54) is 32.1 Å². The maximum absolute atomic E-state index is 11.9. The zero-order chi connectivity index (χ0) is 29.1. The van der Waals surface area contributed by atoms with Crippen LogP contribution in [0.15, 0.2) is 11.6 Å². The van der Waals surface area contributed by atoms with E-state index in [-0.39, 0.29) is 22.9 Å². The highest BCUT2D eigenvalue weighted by Crippen LogP contribution is 2.69. The quantitative estimate of drug-likeness (QED) is 0.169. The van der Waals surface area contributed by atoms with Gasteiger partial charge in [-0.2, -0.15) is 0 Å². The fourth-order valence-electron chi connectivity index (χ4n) is 11.7. The Hall–Kier alpha value is -0.613. The summed E-state index contributed by atoms with van der Waals surface area (Å²) in [7, 11) is -1.84. The fourth-order valence-corrected chi connectivity index (χ4v) is 17.2. The lowest BCUT2D eigenvalue weighted by Gasteiger charge is -2.61. The van der Waals surface area contributed by atoms with Crippen LogP contribution in [0.2, 0.25) is 16.6 Å². The molecule has 3 fully saturated rings. The molecule has 0 spiro atoms. The molecule has 0 saturated heterocycles. The number of fused-ring (bicyclic) bond motifs is 5. The Bertz CT molecular complexity index is 912. The van der Waals surface area contributed by atoms with Gasteiger partial charge in [-0.1, -0.05) is 87.8 Å². The highest BCUT2D eigenvalue weighted by Gasteiger charge is 2.61. The van der Waals surface area contributed by atoms with E-state index in [9.17, 15) is 4.79 Å².